The highest BCUT2D eigenvalue weighted by Crippen LogP contribution is 2.28. The van der Waals surface area contributed by atoms with Gasteiger partial charge in [-0.25, -0.2) is 5.43 Å². The smallest absolute Gasteiger partial charge is 0.241 e. The Morgan fingerprint density at radius 3 is 2.55 bits per heavy atom. The van der Waals surface area contributed by atoms with E-state index in [1.54, 1.807) is 13.3 Å². The maximum atomic E-state index is 12.2. The number of rotatable bonds is 11. The third kappa shape index (κ3) is 8.09. The van der Waals surface area contributed by atoms with E-state index in [0.29, 0.717) is 30.4 Å². The number of hydrogen-bond acceptors (Lipinski definition) is 6. The van der Waals surface area contributed by atoms with Crippen molar-refractivity contribution >= 4 is 17.8 Å². The Kier molecular flexibility index (Phi) is 9.57. The van der Waals surface area contributed by atoms with Gasteiger partial charge in [-0.15, -0.1) is 0 Å². The zero-order valence-electron chi connectivity index (χ0n) is 20.0. The van der Waals surface area contributed by atoms with Crippen LogP contribution in [0.1, 0.15) is 32.3 Å². The first kappa shape index (κ1) is 24.6. The summed E-state index contributed by atoms with van der Waals surface area (Å²) in [5.74, 6) is 1.87. The standard InChI is InChI=1S/C26H36N4O3/c1-21(2)12-18-33-24-10-9-22(19-25(24)32-3)20-27-28-26(31)11-13-29-14-16-30(17-15-29)23-7-5-4-6-8-23/h4-10,19-21H,11-18H2,1-3H3,(H,28,31). The number of nitrogens with zero attached hydrogens (tertiary/aromatic N) is 3. The lowest BCUT2D eigenvalue weighted by atomic mass is 10.1. The number of anilines is 1. The van der Waals surface area contributed by atoms with Crippen LogP contribution in [0.25, 0.3) is 0 Å². The van der Waals surface area contributed by atoms with Crippen molar-refractivity contribution in [1.29, 1.82) is 0 Å². The molecular formula is C26H36N4O3. The van der Waals surface area contributed by atoms with Crippen molar-refractivity contribution in [3.8, 4) is 11.5 Å². The van der Waals surface area contributed by atoms with Crippen molar-refractivity contribution in [2.75, 3.05) is 51.3 Å². The molecule has 0 radical (unpaired) electrons. The Morgan fingerprint density at radius 1 is 1.09 bits per heavy atom. The summed E-state index contributed by atoms with van der Waals surface area (Å²) in [6.07, 6.45) is 3.03. The molecule has 1 fully saturated rings. The van der Waals surface area contributed by atoms with E-state index in [0.717, 1.165) is 44.7 Å². The molecule has 1 aliphatic heterocycles. The van der Waals surface area contributed by atoms with Gasteiger partial charge in [-0.3, -0.25) is 9.69 Å². The fourth-order valence-corrected chi connectivity index (χ4v) is 3.65. The van der Waals surface area contributed by atoms with Crippen molar-refractivity contribution in [3.63, 3.8) is 0 Å². The van der Waals surface area contributed by atoms with Crippen molar-refractivity contribution in [2.24, 2.45) is 11.0 Å². The number of amides is 1. The third-order valence-corrected chi connectivity index (χ3v) is 5.69. The molecule has 0 spiro atoms. The van der Waals surface area contributed by atoms with Crippen LogP contribution in [0.5, 0.6) is 11.5 Å². The first-order valence-electron chi connectivity index (χ1n) is 11.7. The SMILES string of the molecule is COc1cc(C=NNC(=O)CCN2CCN(c3ccccc3)CC2)ccc1OCCC(C)C. The van der Waals surface area contributed by atoms with Crippen LogP contribution in [0.3, 0.4) is 0 Å². The van der Waals surface area contributed by atoms with E-state index in [-0.39, 0.29) is 5.91 Å². The number of carbonyl (C=O) groups excluding carboxylic acids is 1. The zero-order valence-corrected chi connectivity index (χ0v) is 20.0. The number of nitrogens with one attached hydrogen (secondary N) is 1. The number of methoxy groups -OCH3 is 1. The second kappa shape index (κ2) is 12.8. The molecule has 0 unspecified atom stereocenters. The molecule has 1 N–H and O–H groups in total. The van der Waals surface area contributed by atoms with Crippen LogP contribution in [0.4, 0.5) is 5.69 Å². The molecule has 1 amide bonds. The van der Waals surface area contributed by atoms with Gasteiger partial charge in [0.2, 0.25) is 5.91 Å². The molecule has 1 heterocycles. The second-order valence-electron chi connectivity index (χ2n) is 8.65. The lowest BCUT2D eigenvalue weighted by Crippen LogP contribution is -2.47. The fourth-order valence-electron chi connectivity index (χ4n) is 3.65. The van der Waals surface area contributed by atoms with E-state index in [2.05, 4.69) is 58.4 Å². The molecule has 0 bridgehead atoms. The van der Waals surface area contributed by atoms with Gasteiger partial charge in [-0.1, -0.05) is 32.0 Å². The topological polar surface area (TPSA) is 66.4 Å². The van der Waals surface area contributed by atoms with Crippen LogP contribution in [-0.4, -0.2) is 63.5 Å². The first-order valence-corrected chi connectivity index (χ1v) is 11.7. The first-order chi connectivity index (χ1) is 16.0. The van der Waals surface area contributed by atoms with Crippen molar-refractivity contribution < 1.29 is 14.3 Å². The maximum absolute atomic E-state index is 12.2. The largest absolute Gasteiger partial charge is 0.493 e. The molecule has 3 rings (SSSR count). The van der Waals surface area contributed by atoms with Gasteiger partial charge >= 0.3 is 0 Å². The van der Waals surface area contributed by atoms with E-state index in [9.17, 15) is 4.79 Å². The van der Waals surface area contributed by atoms with Crippen LogP contribution < -0.4 is 19.8 Å². The van der Waals surface area contributed by atoms with Crippen molar-refractivity contribution in [2.45, 2.75) is 26.7 Å². The van der Waals surface area contributed by atoms with E-state index in [4.69, 9.17) is 9.47 Å². The maximum Gasteiger partial charge on any atom is 0.241 e. The van der Waals surface area contributed by atoms with Gasteiger partial charge in [0, 0.05) is 44.8 Å². The lowest BCUT2D eigenvalue weighted by Gasteiger charge is -2.36. The summed E-state index contributed by atoms with van der Waals surface area (Å²) in [6.45, 7) is 9.58. The number of carbonyl (C=O) groups is 1. The summed E-state index contributed by atoms with van der Waals surface area (Å²) in [6, 6.07) is 16.1. The van der Waals surface area contributed by atoms with Gasteiger partial charge in [0.25, 0.3) is 0 Å². The predicted molar refractivity (Wildman–Crippen MR) is 133 cm³/mol. The molecule has 2 aromatic rings. The average molecular weight is 453 g/mol. The van der Waals surface area contributed by atoms with E-state index < -0.39 is 0 Å². The molecule has 0 atom stereocenters. The molecule has 7 nitrogen and oxygen atoms in total. The molecule has 0 aromatic heterocycles. The monoisotopic (exact) mass is 452 g/mol. The van der Waals surface area contributed by atoms with E-state index >= 15 is 0 Å². The summed E-state index contributed by atoms with van der Waals surface area (Å²) in [7, 11) is 1.62. The molecular weight excluding hydrogens is 416 g/mol. The fraction of sp³-hybridized carbons (Fsp3) is 0.462. The Bertz CT molecular complexity index is 894. The van der Waals surface area contributed by atoms with E-state index in [1.807, 2.05) is 24.3 Å². The summed E-state index contributed by atoms with van der Waals surface area (Å²) in [4.78, 5) is 16.9. The molecule has 33 heavy (non-hydrogen) atoms. The van der Waals surface area contributed by atoms with Crippen LogP contribution >= 0.6 is 0 Å². The second-order valence-corrected chi connectivity index (χ2v) is 8.65. The average Bonchev–Trinajstić information content (AvgIpc) is 2.84. The van der Waals surface area contributed by atoms with Gasteiger partial charge in [0.1, 0.15) is 0 Å². The number of para-hydroxylation sites is 1. The Labute approximate surface area is 197 Å². The molecule has 0 saturated carbocycles. The van der Waals surface area contributed by atoms with E-state index in [1.165, 1.54) is 5.69 Å². The number of ether oxygens (including phenoxy) is 2. The third-order valence-electron chi connectivity index (χ3n) is 5.69. The minimum Gasteiger partial charge on any atom is -0.493 e. The van der Waals surface area contributed by atoms with Crippen molar-refractivity contribution in [1.82, 2.24) is 10.3 Å². The highest BCUT2D eigenvalue weighted by molar-refractivity contribution is 5.83. The van der Waals surface area contributed by atoms with Gasteiger partial charge in [-0.05, 0) is 48.2 Å². The molecule has 0 aliphatic carbocycles. The minimum atomic E-state index is -0.0858. The van der Waals surface area contributed by atoms with Gasteiger partial charge in [0.15, 0.2) is 11.5 Å². The zero-order chi connectivity index (χ0) is 23.5. The number of benzene rings is 2. The normalized spacial score (nSPS) is 14.6. The molecule has 1 saturated heterocycles. The quantitative estimate of drug-likeness (QED) is 0.415. The molecule has 7 heteroatoms. The number of hydrazone groups is 1. The van der Waals surface area contributed by atoms with Gasteiger partial charge < -0.3 is 14.4 Å². The Balaban J connectivity index is 1.38. The molecule has 2 aromatic carbocycles. The summed E-state index contributed by atoms with van der Waals surface area (Å²) in [5.41, 5.74) is 4.72. The number of hydrogen-bond donors (Lipinski definition) is 1. The highest BCUT2D eigenvalue weighted by atomic mass is 16.5. The lowest BCUT2D eigenvalue weighted by molar-refractivity contribution is -0.121. The Morgan fingerprint density at radius 2 is 1.85 bits per heavy atom. The minimum absolute atomic E-state index is 0.0858. The summed E-state index contributed by atoms with van der Waals surface area (Å²) >= 11 is 0. The van der Waals surface area contributed by atoms with Gasteiger partial charge in [-0.2, -0.15) is 5.10 Å². The van der Waals surface area contributed by atoms with Crippen LogP contribution in [0, 0.1) is 5.92 Å². The predicted octanol–water partition coefficient (Wildman–Crippen LogP) is 3.78. The van der Waals surface area contributed by atoms with Gasteiger partial charge in [0.05, 0.1) is 19.9 Å². The Hall–Kier alpha value is -3.06. The van der Waals surface area contributed by atoms with Crippen molar-refractivity contribution in [3.05, 3.63) is 54.1 Å². The molecule has 1 aliphatic rings. The van der Waals surface area contributed by atoms with Crippen LogP contribution in [0.2, 0.25) is 0 Å². The van der Waals surface area contributed by atoms with Crippen LogP contribution in [-0.2, 0) is 4.79 Å². The summed E-state index contributed by atoms with van der Waals surface area (Å²) < 4.78 is 11.2. The highest BCUT2D eigenvalue weighted by Gasteiger charge is 2.17. The number of piperazine rings is 1. The molecule has 178 valence electrons. The van der Waals surface area contributed by atoms with Crippen LogP contribution in [0.15, 0.2) is 53.6 Å². The summed E-state index contributed by atoms with van der Waals surface area (Å²) in [5, 5.41) is 4.10.